The van der Waals surface area contributed by atoms with E-state index in [0.717, 1.165) is 18.4 Å². The molecular weight excluding hydrogens is 885 g/mol. The maximum Gasteiger partial charge on any atom is 0.339 e. The molecule has 0 aliphatic rings. The fourth-order valence-electron chi connectivity index (χ4n) is 9.58. The molecule has 0 bridgehead atoms. The molecule has 0 saturated carbocycles. The van der Waals surface area contributed by atoms with Crippen LogP contribution in [0.4, 0.5) is 0 Å². The summed E-state index contributed by atoms with van der Waals surface area (Å²) in [5.74, 6) is 6.04. The van der Waals surface area contributed by atoms with Crippen molar-refractivity contribution in [3.63, 3.8) is 0 Å². The Labute approximate surface area is 415 Å². The van der Waals surface area contributed by atoms with Gasteiger partial charge in [-0.15, -0.1) is 0 Å². The van der Waals surface area contributed by atoms with Crippen molar-refractivity contribution in [3.05, 3.63) is 193 Å². The summed E-state index contributed by atoms with van der Waals surface area (Å²) in [5, 5.41) is 16.3. The number of carbonyl (C=O) groups is 1. The Morgan fingerprint density at radius 3 is 1.48 bits per heavy atom. The molecule has 4 atom stereocenters. The van der Waals surface area contributed by atoms with Crippen molar-refractivity contribution in [1.29, 1.82) is 0 Å². The normalized spacial score (nSPS) is 13.9. The number of benzene rings is 6. The van der Waals surface area contributed by atoms with Gasteiger partial charge in [0.1, 0.15) is 6.10 Å². The zero-order valence-electron chi connectivity index (χ0n) is 42.0. The number of hydrogen-bond acceptors (Lipinski definition) is 6. The van der Waals surface area contributed by atoms with Crippen LogP contribution in [0, 0.1) is 17.8 Å². The van der Waals surface area contributed by atoms with Crippen LogP contribution in [0.3, 0.4) is 0 Å². The molecule has 8 heteroatoms. The lowest BCUT2D eigenvalue weighted by Gasteiger charge is -2.46. The third-order valence-corrected chi connectivity index (χ3v) is 23.2. The van der Waals surface area contributed by atoms with Gasteiger partial charge in [0.05, 0.1) is 12.2 Å². The van der Waals surface area contributed by atoms with Crippen LogP contribution in [-0.2, 0) is 24.9 Å². The molecule has 0 aliphatic heterocycles. The lowest BCUT2D eigenvalue weighted by Crippen LogP contribution is -2.67. The van der Waals surface area contributed by atoms with E-state index in [4.69, 9.17) is 18.3 Å². The molecule has 6 aromatic rings. The van der Waals surface area contributed by atoms with E-state index in [9.17, 15) is 9.90 Å². The highest BCUT2D eigenvalue weighted by Crippen LogP contribution is 2.40. The van der Waals surface area contributed by atoms with Gasteiger partial charge in [0.25, 0.3) is 16.6 Å². The van der Waals surface area contributed by atoms with Gasteiger partial charge >= 0.3 is 5.97 Å². The molecule has 1 N–H and O–H groups in total. The first kappa shape index (κ1) is 53.0. The predicted octanol–water partition coefficient (Wildman–Crippen LogP) is 11.3. The van der Waals surface area contributed by atoms with Gasteiger partial charge in [-0.3, -0.25) is 0 Å². The Morgan fingerprint density at radius 2 is 1.00 bits per heavy atom. The standard InChI is InChI=1S/C61H74O6Si2/c1-49(44-46-65-68(60(2,3)4,55-32-18-10-19-33-55)56-34-20-11-21-35-56)47-54(67-69(61(5,6)7,57-36-22-12-23-37-57)58-38-24-13-25-39-58)43-41-52(62)40-42-53(66-59(63)51-29-16-9-17-30-51)31-26-45-64-48-50-27-14-8-15-28-50/h8-25,27-30,32-39,49,52-54,62H,26,31,41,43-48H2,1-7H3/t49-,52+,53+,54+/m0/s1. The van der Waals surface area contributed by atoms with Crippen LogP contribution in [0.2, 0.25) is 10.1 Å². The van der Waals surface area contributed by atoms with Gasteiger partial charge in [-0.05, 0) is 93.0 Å². The molecule has 6 aromatic carbocycles. The van der Waals surface area contributed by atoms with Crippen LogP contribution in [0.1, 0.15) is 103 Å². The first-order chi connectivity index (χ1) is 33.2. The van der Waals surface area contributed by atoms with Crippen molar-refractivity contribution in [2.24, 2.45) is 5.92 Å². The Kier molecular flexibility index (Phi) is 19.6. The van der Waals surface area contributed by atoms with Crippen molar-refractivity contribution in [3.8, 4) is 11.8 Å². The van der Waals surface area contributed by atoms with Gasteiger partial charge in [0.15, 0.2) is 6.10 Å². The van der Waals surface area contributed by atoms with Crippen molar-refractivity contribution in [2.45, 2.75) is 122 Å². The minimum Gasteiger partial charge on any atom is -0.446 e. The van der Waals surface area contributed by atoms with E-state index in [1.54, 1.807) is 12.1 Å². The van der Waals surface area contributed by atoms with Crippen LogP contribution < -0.4 is 20.7 Å². The van der Waals surface area contributed by atoms with Crippen molar-refractivity contribution >= 4 is 43.4 Å². The summed E-state index contributed by atoms with van der Waals surface area (Å²) in [6, 6.07) is 62.2. The first-order valence-electron chi connectivity index (χ1n) is 24.8. The number of esters is 1. The molecule has 6 nitrogen and oxygen atoms in total. The Balaban J connectivity index is 1.24. The van der Waals surface area contributed by atoms with Crippen molar-refractivity contribution in [1.82, 2.24) is 0 Å². The van der Waals surface area contributed by atoms with Gasteiger partial charge in [-0.1, -0.05) is 230 Å². The van der Waals surface area contributed by atoms with Crippen LogP contribution in [0.25, 0.3) is 0 Å². The Bertz CT molecular complexity index is 2380. The van der Waals surface area contributed by atoms with E-state index >= 15 is 0 Å². The second kappa shape index (κ2) is 25.5. The molecule has 0 radical (unpaired) electrons. The average molecular weight is 959 g/mol. The number of aliphatic hydroxyl groups is 1. The minimum absolute atomic E-state index is 0.125. The highest BCUT2D eigenvalue weighted by molar-refractivity contribution is 7.00. The van der Waals surface area contributed by atoms with E-state index in [0.29, 0.717) is 51.1 Å². The van der Waals surface area contributed by atoms with Crippen LogP contribution in [0.5, 0.6) is 0 Å². The molecule has 0 aromatic heterocycles. The minimum atomic E-state index is -2.97. The monoisotopic (exact) mass is 959 g/mol. The summed E-state index contributed by atoms with van der Waals surface area (Å²) in [5.41, 5.74) is 1.56. The third-order valence-electron chi connectivity index (χ3n) is 13.1. The molecule has 0 aliphatic carbocycles. The smallest absolute Gasteiger partial charge is 0.339 e. The SMILES string of the molecule is C[C@@H](CCO[Si](c1ccccc1)(c1ccccc1)C(C)(C)C)C[C@@H](CC[C@H](O)C#C[C@@H](CCCOCc1ccccc1)OC(=O)c1ccccc1)O[Si](c1ccccc1)(c1ccccc1)C(C)(C)C. The molecule has 0 spiro atoms. The number of rotatable bonds is 23. The lowest BCUT2D eigenvalue weighted by molar-refractivity contribution is 0.0366. The highest BCUT2D eigenvalue weighted by Gasteiger charge is 2.52. The molecule has 0 heterocycles. The fourth-order valence-corrected chi connectivity index (χ4v) is 18.9. The third kappa shape index (κ3) is 14.4. The van der Waals surface area contributed by atoms with Crippen LogP contribution in [0.15, 0.2) is 182 Å². The number of aliphatic hydroxyl groups excluding tert-OH is 1. The van der Waals surface area contributed by atoms with E-state index in [-0.39, 0.29) is 22.1 Å². The summed E-state index contributed by atoms with van der Waals surface area (Å²) >= 11 is 0. The second-order valence-electron chi connectivity index (χ2n) is 20.4. The van der Waals surface area contributed by atoms with Gasteiger partial charge < -0.3 is 23.4 Å². The fraction of sp³-hybridized carbons (Fsp3) is 0.361. The number of ether oxygens (including phenoxy) is 2. The van der Waals surface area contributed by atoms with Crippen molar-refractivity contribution < 1.29 is 28.2 Å². The molecule has 362 valence electrons. The molecule has 6 rings (SSSR count). The van der Waals surface area contributed by atoms with Crippen molar-refractivity contribution in [2.75, 3.05) is 13.2 Å². The summed E-state index contributed by atoms with van der Waals surface area (Å²) in [6.45, 7) is 17.8. The molecule has 0 fully saturated rings. The number of hydrogen-bond donors (Lipinski definition) is 1. The molecular formula is C61H74O6Si2. The van der Waals surface area contributed by atoms with E-state index in [1.807, 2.05) is 48.5 Å². The molecule has 0 saturated heterocycles. The maximum absolute atomic E-state index is 13.3. The lowest BCUT2D eigenvalue weighted by atomic mass is 9.97. The number of carbonyl (C=O) groups excluding carboxylic acids is 1. The Morgan fingerprint density at radius 1 is 0.551 bits per heavy atom. The maximum atomic E-state index is 13.3. The van der Waals surface area contributed by atoms with Gasteiger partial charge in [-0.2, -0.15) is 0 Å². The van der Waals surface area contributed by atoms with Gasteiger partial charge in [-0.25, -0.2) is 4.79 Å². The average Bonchev–Trinajstić information content (AvgIpc) is 3.36. The second-order valence-corrected chi connectivity index (χ2v) is 28.9. The predicted molar refractivity (Wildman–Crippen MR) is 288 cm³/mol. The molecule has 0 unspecified atom stereocenters. The Hall–Kier alpha value is -5.38. The molecule has 0 amide bonds. The zero-order chi connectivity index (χ0) is 49.2. The highest BCUT2D eigenvalue weighted by atomic mass is 28.4. The summed E-state index contributed by atoms with van der Waals surface area (Å²) in [7, 11) is -5.69. The topological polar surface area (TPSA) is 74.2 Å². The van der Waals surface area contributed by atoms with E-state index in [2.05, 4.69) is 182 Å². The van der Waals surface area contributed by atoms with E-state index in [1.165, 1.54) is 20.7 Å². The van der Waals surface area contributed by atoms with Crippen LogP contribution >= 0.6 is 0 Å². The largest absolute Gasteiger partial charge is 0.446 e. The first-order valence-corrected chi connectivity index (χ1v) is 28.7. The summed E-state index contributed by atoms with van der Waals surface area (Å²) < 4.78 is 27.1. The van der Waals surface area contributed by atoms with Gasteiger partial charge in [0.2, 0.25) is 0 Å². The molecule has 69 heavy (non-hydrogen) atoms. The van der Waals surface area contributed by atoms with Gasteiger partial charge in [0, 0.05) is 19.3 Å². The summed E-state index contributed by atoms with van der Waals surface area (Å²) in [6.07, 6.45) is 1.82. The van der Waals surface area contributed by atoms with Crippen LogP contribution in [-0.4, -0.2) is 59.2 Å². The summed E-state index contributed by atoms with van der Waals surface area (Å²) in [4.78, 5) is 13.3. The van der Waals surface area contributed by atoms with E-state index < -0.39 is 34.8 Å². The zero-order valence-corrected chi connectivity index (χ0v) is 44.0. The quantitative estimate of drug-likeness (QED) is 0.0298.